The number of rotatable bonds is 5. The second-order valence-corrected chi connectivity index (χ2v) is 7.40. The van der Waals surface area contributed by atoms with Gasteiger partial charge in [0.05, 0.1) is 5.69 Å². The van der Waals surface area contributed by atoms with E-state index < -0.39 is 10.1 Å². The second-order valence-electron chi connectivity index (χ2n) is 6.01. The highest BCUT2D eigenvalue weighted by molar-refractivity contribution is 7.86. The first-order valence-electron chi connectivity index (χ1n) is 7.29. The number of hydrogen-bond donors (Lipinski definition) is 2. The summed E-state index contributed by atoms with van der Waals surface area (Å²) in [5.74, 6) is 0.397. The Balaban J connectivity index is 2.58. The van der Waals surface area contributed by atoms with Crippen molar-refractivity contribution in [3.05, 3.63) is 48.0 Å². The number of hydrogen-bond acceptors (Lipinski definition) is 4. The van der Waals surface area contributed by atoms with Crippen LogP contribution in [0.3, 0.4) is 0 Å². The van der Waals surface area contributed by atoms with E-state index in [2.05, 4.69) is 13.8 Å². The van der Waals surface area contributed by atoms with E-state index in [1.54, 1.807) is 36.4 Å². The molecule has 0 heterocycles. The maximum atomic E-state index is 11.6. The molecule has 0 fully saturated rings. The molecular formula is C17H21NO4S. The molecule has 23 heavy (non-hydrogen) atoms. The lowest BCUT2D eigenvalue weighted by Gasteiger charge is -2.24. The highest BCUT2D eigenvalue weighted by Crippen LogP contribution is 2.36. The van der Waals surface area contributed by atoms with Crippen LogP contribution in [0.2, 0.25) is 0 Å². The number of nitrogens with two attached hydrogens (primary N) is 1. The average Bonchev–Trinajstić information content (AvgIpc) is 2.48. The molecule has 2 aromatic carbocycles. The van der Waals surface area contributed by atoms with Crippen LogP contribution in [0.4, 0.5) is 5.69 Å². The quantitative estimate of drug-likeness (QED) is 0.637. The summed E-state index contributed by atoms with van der Waals surface area (Å²) < 4.78 is 38.3. The normalized spacial score (nSPS) is 12.2. The molecule has 3 N–H and O–H groups in total. The van der Waals surface area contributed by atoms with Crippen molar-refractivity contribution in [1.29, 1.82) is 0 Å². The lowest BCUT2D eigenvalue weighted by Crippen LogP contribution is -2.16. The molecule has 0 saturated heterocycles. The minimum atomic E-state index is -4.40. The Morgan fingerprint density at radius 3 is 2.35 bits per heavy atom. The minimum absolute atomic E-state index is 0.0597. The predicted octanol–water partition coefficient (Wildman–Crippen LogP) is 4.00. The third kappa shape index (κ3) is 3.83. The lowest BCUT2D eigenvalue weighted by molar-refractivity contribution is 0.445. The fraction of sp³-hybridized carbons (Fsp3) is 0.294. The molecule has 0 saturated carbocycles. The molecule has 6 heteroatoms. The van der Waals surface area contributed by atoms with Crippen LogP contribution < -0.4 is 10.5 Å². The molecule has 0 bridgehead atoms. The number of benzene rings is 2. The standard InChI is InChI=1S/C17H21NO4S/c1-4-17(2,3)12-9-10-16(23(19,20)21)15(11-12)22-14-8-6-5-7-13(14)18/h5-11H,4,18H2,1-3H3,(H,19,20,21). The van der Waals surface area contributed by atoms with Gasteiger partial charge in [0.25, 0.3) is 10.1 Å². The molecule has 2 rings (SSSR count). The molecule has 0 atom stereocenters. The summed E-state index contributed by atoms with van der Waals surface area (Å²) in [6, 6.07) is 11.5. The zero-order valence-corrected chi connectivity index (χ0v) is 14.2. The predicted molar refractivity (Wildman–Crippen MR) is 90.5 cm³/mol. The van der Waals surface area contributed by atoms with Gasteiger partial charge in [-0.15, -0.1) is 0 Å². The van der Waals surface area contributed by atoms with Gasteiger partial charge in [0.2, 0.25) is 0 Å². The van der Waals surface area contributed by atoms with Gasteiger partial charge in [-0.3, -0.25) is 4.55 Å². The Bertz CT molecular complexity index is 813. The smallest absolute Gasteiger partial charge is 0.298 e. The van der Waals surface area contributed by atoms with E-state index in [4.69, 9.17) is 10.5 Å². The first kappa shape index (κ1) is 17.3. The van der Waals surface area contributed by atoms with Crippen LogP contribution in [-0.4, -0.2) is 13.0 Å². The molecule has 0 aromatic heterocycles. The van der Waals surface area contributed by atoms with E-state index >= 15 is 0 Å². The molecule has 0 spiro atoms. The van der Waals surface area contributed by atoms with Crippen LogP contribution in [0.15, 0.2) is 47.4 Å². The topological polar surface area (TPSA) is 89.6 Å². The molecule has 0 aliphatic carbocycles. The largest absolute Gasteiger partial charge is 0.454 e. The van der Waals surface area contributed by atoms with Crippen molar-refractivity contribution in [3.8, 4) is 11.5 Å². The Kier molecular flexibility index (Phi) is 4.68. The first-order valence-corrected chi connectivity index (χ1v) is 8.73. The van der Waals surface area contributed by atoms with E-state index in [1.807, 2.05) is 6.92 Å². The molecule has 0 unspecified atom stereocenters. The first-order chi connectivity index (χ1) is 10.6. The van der Waals surface area contributed by atoms with Crippen molar-refractivity contribution in [2.24, 2.45) is 0 Å². The van der Waals surface area contributed by atoms with Gasteiger partial charge >= 0.3 is 0 Å². The van der Waals surface area contributed by atoms with E-state index in [0.717, 1.165) is 12.0 Å². The summed E-state index contributed by atoms with van der Waals surface area (Å²) in [5.41, 5.74) is 6.98. The fourth-order valence-corrected chi connectivity index (χ4v) is 2.71. The average molecular weight is 335 g/mol. The number of para-hydroxylation sites is 2. The summed E-state index contributed by atoms with van der Waals surface area (Å²) in [6.45, 7) is 6.15. The zero-order valence-electron chi connectivity index (χ0n) is 13.4. The van der Waals surface area contributed by atoms with Crippen molar-refractivity contribution in [2.45, 2.75) is 37.5 Å². The Morgan fingerprint density at radius 1 is 1.13 bits per heavy atom. The maximum Gasteiger partial charge on any atom is 0.298 e. The third-order valence-corrected chi connectivity index (χ3v) is 4.92. The molecule has 5 nitrogen and oxygen atoms in total. The van der Waals surface area contributed by atoms with E-state index in [1.165, 1.54) is 6.07 Å². The molecule has 0 aliphatic heterocycles. The summed E-state index contributed by atoms with van der Waals surface area (Å²) in [5, 5.41) is 0. The van der Waals surface area contributed by atoms with E-state index in [9.17, 15) is 13.0 Å². The molecular weight excluding hydrogens is 314 g/mol. The van der Waals surface area contributed by atoms with Gasteiger partial charge in [-0.05, 0) is 41.7 Å². The molecule has 0 radical (unpaired) electrons. The fourth-order valence-electron chi connectivity index (χ4n) is 2.12. The molecule has 0 aliphatic rings. The maximum absolute atomic E-state index is 11.6. The summed E-state index contributed by atoms with van der Waals surface area (Å²) in [7, 11) is -4.40. The molecule has 0 amide bonds. The van der Waals surface area contributed by atoms with Gasteiger partial charge < -0.3 is 10.5 Å². The Hall–Kier alpha value is -2.05. The van der Waals surface area contributed by atoms with E-state index in [0.29, 0.717) is 11.4 Å². The lowest BCUT2D eigenvalue weighted by atomic mass is 9.82. The molecule has 2 aromatic rings. The summed E-state index contributed by atoms with van der Waals surface area (Å²) in [4.78, 5) is -0.281. The summed E-state index contributed by atoms with van der Waals surface area (Å²) in [6.07, 6.45) is 0.866. The van der Waals surface area contributed by atoms with Crippen LogP contribution in [0.5, 0.6) is 11.5 Å². The molecule has 124 valence electrons. The van der Waals surface area contributed by atoms with Gasteiger partial charge in [-0.25, -0.2) is 0 Å². The van der Waals surface area contributed by atoms with Gasteiger partial charge in [0.15, 0.2) is 0 Å². The van der Waals surface area contributed by atoms with Crippen LogP contribution in [-0.2, 0) is 15.5 Å². The minimum Gasteiger partial charge on any atom is -0.454 e. The number of anilines is 1. The van der Waals surface area contributed by atoms with Crippen LogP contribution in [0.25, 0.3) is 0 Å². The van der Waals surface area contributed by atoms with Gasteiger partial charge in [-0.2, -0.15) is 8.42 Å². The zero-order chi connectivity index (χ0) is 17.3. The van der Waals surface area contributed by atoms with Gasteiger partial charge in [0, 0.05) is 0 Å². The van der Waals surface area contributed by atoms with Crippen molar-refractivity contribution >= 4 is 15.8 Å². The highest BCUT2D eigenvalue weighted by Gasteiger charge is 2.24. The SMILES string of the molecule is CCC(C)(C)c1ccc(S(=O)(=O)O)c(Oc2ccccc2N)c1. The van der Waals surface area contributed by atoms with Crippen LogP contribution in [0, 0.1) is 0 Å². The second kappa shape index (κ2) is 6.22. The van der Waals surface area contributed by atoms with Gasteiger partial charge in [-0.1, -0.05) is 39.0 Å². The van der Waals surface area contributed by atoms with Gasteiger partial charge in [0.1, 0.15) is 16.4 Å². The van der Waals surface area contributed by atoms with Crippen molar-refractivity contribution in [1.82, 2.24) is 0 Å². The van der Waals surface area contributed by atoms with Crippen molar-refractivity contribution < 1.29 is 17.7 Å². The van der Waals surface area contributed by atoms with Crippen LogP contribution in [0.1, 0.15) is 32.8 Å². The Labute approximate surface area is 136 Å². The summed E-state index contributed by atoms with van der Waals surface area (Å²) >= 11 is 0. The van der Waals surface area contributed by atoms with Crippen LogP contribution >= 0.6 is 0 Å². The monoisotopic (exact) mass is 335 g/mol. The van der Waals surface area contributed by atoms with Crippen molar-refractivity contribution in [3.63, 3.8) is 0 Å². The third-order valence-electron chi connectivity index (χ3n) is 4.03. The Morgan fingerprint density at radius 2 is 1.78 bits per heavy atom. The van der Waals surface area contributed by atoms with Crippen molar-refractivity contribution in [2.75, 3.05) is 5.73 Å². The highest BCUT2D eigenvalue weighted by atomic mass is 32.2. The number of nitrogen functional groups attached to an aromatic ring is 1. The van der Waals surface area contributed by atoms with E-state index in [-0.39, 0.29) is 16.1 Å². The number of ether oxygens (including phenoxy) is 1.